The number of hydrogen-bond acceptors (Lipinski definition) is 8. The molecule has 3 aromatic rings. The maximum Gasteiger partial charge on any atom is 0.227 e. The highest BCUT2D eigenvalue weighted by Crippen LogP contribution is 2.19. The molecule has 0 aliphatic rings. The van der Waals surface area contributed by atoms with Gasteiger partial charge in [-0.1, -0.05) is 5.16 Å². The maximum absolute atomic E-state index is 11.9. The number of thiophene rings is 1. The Balaban J connectivity index is 1.53. The molecule has 3 aromatic heterocycles. The first-order chi connectivity index (χ1) is 11.1. The zero-order valence-electron chi connectivity index (χ0n) is 12.1. The summed E-state index contributed by atoms with van der Waals surface area (Å²) < 4.78 is 5.13. The first-order valence-corrected chi connectivity index (χ1v) is 8.55. The lowest BCUT2D eigenvalue weighted by molar-refractivity contribution is -0.116. The van der Waals surface area contributed by atoms with Crippen LogP contribution < -0.4 is 5.32 Å². The van der Waals surface area contributed by atoms with Crippen molar-refractivity contribution >= 4 is 39.5 Å². The predicted octanol–water partition coefficient (Wildman–Crippen LogP) is 3.03. The van der Waals surface area contributed by atoms with E-state index in [9.17, 15) is 9.59 Å². The van der Waals surface area contributed by atoms with Gasteiger partial charge >= 0.3 is 0 Å². The summed E-state index contributed by atoms with van der Waals surface area (Å²) in [6, 6.07) is 1.90. The summed E-state index contributed by atoms with van der Waals surface area (Å²) in [7, 11) is 0. The summed E-state index contributed by atoms with van der Waals surface area (Å²) in [6.07, 6.45) is 0.536. The van der Waals surface area contributed by atoms with Gasteiger partial charge < -0.3 is 9.84 Å². The van der Waals surface area contributed by atoms with Crippen molar-refractivity contribution in [2.24, 2.45) is 0 Å². The molecule has 0 atom stereocenters. The fraction of sp³-hybridized carbons (Fsp3) is 0.214. The van der Waals surface area contributed by atoms with E-state index in [-0.39, 0.29) is 18.1 Å². The molecular formula is C14H12N4O3S2. The molecule has 1 N–H and O–H groups in total. The zero-order chi connectivity index (χ0) is 16.2. The van der Waals surface area contributed by atoms with Crippen LogP contribution in [0.3, 0.4) is 0 Å². The van der Waals surface area contributed by atoms with Gasteiger partial charge in [0.15, 0.2) is 10.9 Å². The van der Waals surface area contributed by atoms with E-state index in [2.05, 4.69) is 20.4 Å². The van der Waals surface area contributed by atoms with Crippen LogP contribution in [-0.2, 0) is 11.2 Å². The van der Waals surface area contributed by atoms with Gasteiger partial charge in [-0.05, 0) is 11.4 Å². The Morgan fingerprint density at radius 2 is 2.17 bits per heavy atom. The van der Waals surface area contributed by atoms with E-state index < -0.39 is 0 Å². The highest BCUT2D eigenvalue weighted by atomic mass is 32.1. The third kappa shape index (κ3) is 3.88. The van der Waals surface area contributed by atoms with Crippen LogP contribution in [0, 0.1) is 0 Å². The smallest absolute Gasteiger partial charge is 0.227 e. The van der Waals surface area contributed by atoms with Gasteiger partial charge in [-0.3, -0.25) is 9.59 Å². The van der Waals surface area contributed by atoms with Gasteiger partial charge in [-0.25, -0.2) is 4.98 Å². The number of amides is 1. The van der Waals surface area contributed by atoms with Crippen molar-refractivity contribution in [2.45, 2.75) is 19.8 Å². The minimum absolute atomic E-state index is 0.131. The number of rotatable bonds is 6. The number of anilines is 1. The minimum atomic E-state index is -0.218. The standard InChI is InChI=1S/C14H12N4O3S2/c1-8(19)10-7-23-14(15-10)16-11(20)2-3-12-17-13(18-21-12)9-4-5-22-6-9/h4-7H,2-3H2,1H3,(H,15,16,20). The SMILES string of the molecule is CC(=O)c1csc(NC(=O)CCc2nc(-c3ccsc3)no2)n1. The molecule has 1 amide bonds. The first-order valence-electron chi connectivity index (χ1n) is 6.73. The lowest BCUT2D eigenvalue weighted by Crippen LogP contribution is -2.12. The van der Waals surface area contributed by atoms with Crippen molar-refractivity contribution in [3.05, 3.63) is 33.8 Å². The van der Waals surface area contributed by atoms with Crippen LogP contribution in [-0.4, -0.2) is 26.8 Å². The van der Waals surface area contributed by atoms with Gasteiger partial charge in [0, 0.05) is 36.1 Å². The van der Waals surface area contributed by atoms with E-state index in [0.717, 1.165) is 5.56 Å². The van der Waals surface area contributed by atoms with Crippen molar-refractivity contribution in [1.29, 1.82) is 0 Å². The molecule has 0 unspecified atom stereocenters. The lowest BCUT2D eigenvalue weighted by atomic mass is 10.3. The molecule has 0 aliphatic carbocycles. The van der Waals surface area contributed by atoms with Crippen molar-refractivity contribution < 1.29 is 14.1 Å². The molecule has 0 bridgehead atoms. The normalized spacial score (nSPS) is 10.7. The Hall–Kier alpha value is -2.39. The monoisotopic (exact) mass is 348 g/mol. The summed E-state index contributed by atoms with van der Waals surface area (Å²) in [5.74, 6) is 0.580. The van der Waals surface area contributed by atoms with Crippen LogP contribution in [0.4, 0.5) is 5.13 Å². The Labute approximate surface area is 139 Å². The Morgan fingerprint density at radius 3 is 2.87 bits per heavy atom. The number of carbonyl (C=O) groups is 2. The largest absolute Gasteiger partial charge is 0.339 e. The van der Waals surface area contributed by atoms with Crippen LogP contribution >= 0.6 is 22.7 Å². The summed E-state index contributed by atoms with van der Waals surface area (Å²) in [5.41, 5.74) is 1.25. The van der Waals surface area contributed by atoms with Crippen molar-refractivity contribution in [2.75, 3.05) is 5.32 Å². The van der Waals surface area contributed by atoms with Crippen molar-refractivity contribution in [1.82, 2.24) is 15.1 Å². The molecular weight excluding hydrogens is 336 g/mol. The van der Waals surface area contributed by atoms with Gasteiger partial charge in [-0.15, -0.1) is 11.3 Å². The summed E-state index contributed by atoms with van der Waals surface area (Å²) in [5, 5.41) is 12.4. The molecule has 0 radical (unpaired) electrons. The van der Waals surface area contributed by atoms with E-state index in [0.29, 0.717) is 29.0 Å². The molecule has 7 nitrogen and oxygen atoms in total. The van der Waals surface area contributed by atoms with Crippen molar-refractivity contribution in [3.63, 3.8) is 0 Å². The Morgan fingerprint density at radius 1 is 1.30 bits per heavy atom. The quantitative estimate of drug-likeness (QED) is 0.688. The molecule has 3 heterocycles. The zero-order valence-corrected chi connectivity index (χ0v) is 13.7. The molecule has 23 heavy (non-hydrogen) atoms. The minimum Gasteiger partial charge on any atom is -0.339 e. The predicted molar refractivity (Wildman–Crippen MR) is 86.7 cm³/mol. The number of nitrogens with one attached hydrogen (secondary N) is 1. The average Bonchev–Trinajstić information content (AvgIpc) is 3.25. The van der Waals surface area contributed by atoms with Gasteiger partial charge in [-0.2, -0.15) is 16.3 Å². The number of ketones is 1. The third-order valence-corrected chi connectivity index (χ3v) is 4.37. The maximum atomic E-state index is 11.9. The van der Waals surface area contributed by atoms with Gasteiger partial charge in [0.25, 0.3) is 0 Å². The molecule has 0 spiro atoms. The summed E-state index contributed by atoms with van der Waals surface area (Å²) in [4.78, 5) is 31.3. The number of Topliss-reactive ketones (excluding diaryl/α,β-unsaturated/α-hetero) is 1. The van der Waals surface area contributed by atoms with Crippen LogP contribution in [0.1, 0.15) is 29.7 Å². The van der Waals surface area contributed by atoms with Crippen LogP contribution in [0.25, 0.3) is 11.4 Å². The Bertz CT molecular complexity index is 823. The molecule has 9 heteroatoms. The molecule has 0 saturated heterocycles. The Kier molecular flexibility index (Phi) is 4.58. The first kappa shape index (κ1) is 15.5. The number of hydrogen-bond donors (Lipinski definition) is 1. The fourth-order valence-corrected chi connectivity index (χ4v) is 3.16. The van der Waals surface area contributed by atoms with E-state index >= 15 is 0 Å². The third-order valence-electron chi connectivity index (χ3n) is 2.92. The van der Waals surface area contributed by atoms with E-state index in [1.165, 1.54) is 18.3 Å². The van der Waals surface area contributed by atoms with E-state index in [1.54, 1.807) is 16.7 Å². The van der Waals surface area contributed by atoms with Crippen LogP contribution in [0.15, 0.2) is 26.7 Å². The van der Waals surface area contributed by atoms with Crippen LogP contribution in [0.5, 0.6) is 0 Å². The lowest BCUT2D eigenvalue weighted by Gasteiger charge is -1.98. The molecule has 0 saturated carbocycles. The second kappa shape index (κ2) is 6.80. The highest BCUT2D eigenvalue weighted by Gasteiger charge is 2.13. The van der Waals surface area contributed by atoms with Crippen molar-refractivity contribution in [3.8, 4) is 11.4 Å². The molecule has 3 rings (SSSR count). The molecule has 0 aromatic carbocycles. The second-order valence-corrected chi connectivity index (χ2v) is 6.30. The number of thiazole rings is 1. The van der Waals surface area contributed by atoms with Gasteiger partial charge in [0.05, 0.1) is 0 Å². The second-order valence-electron chi connectivity index (χ2n) is 4.67. The van der Waals surface area contributed by atoms with Gasteiger partial charge in [0.1, 0.15) is 5.69 Å². The topological polar surface area (TPSA) is 98.0 Å². The number of aryl methyl sites for hydroxylation is 1. The number of carbonyl (C=O) groups excluding carboxylic acids is 2. The summed E-state index contributed by atoms with van der Waals surface area (Å²) >= 11 is 2.77. The highest BCUT2D eigenvalue weighted by molar-refractivity contribution is 7.14. The average molecular weight is 348 g/mol. The fourth-order valence-electron chi connectivity index (χ4n) is 1.76. The van der Waals surface area contributed by atoms with E-state index in [4.69, 9.17) is 4.52 Å². The van der Waals surface area contributed by atoms with E-state index in [1.807, 2.05) is 16.8 Å². The summed E-state index contributed by atoms with van der Waals surface area (Å²) in [6.45, 7) is 1.43. The van der Waals surface area contributed by atoms with Gasteiger partial charge in [0.2, 0.25) is 17.6 Å². The molecule has 0 aliphatic heterocycles. The molecule has 0 fully saturated rings. The molecule has 118 valence electrons. The number of aromatic nitrogens is 3. The number of nitrogens with zero attached hydrogens (tertiary/aromatic N) is 3. The van der Waals surface area contributed by atoms with Crippen LogP contribution in [0.2, 0.25) is 0 Å².